The largest absolute Gasteiger partial charge is 0.481 e. The van der Waals surface area contributed by atoms with Gasteiger partial charge in [-0.15, -0.1) is 0 Å². The summed E-state index contributed by atoms with van der Waals surface area (Å²) in [5, 5.41) is 13.2. The average Bonchev–Trinajstić information content (AvgIpc) is 2.77. The molecule has 1 aliphatic heterocycles. The Kier molecular flexibility index (Phi) is 5.81. The molecule has 3 aromatic rings. The molecule has 3 heterocycles. The molecule has 0 unspecified atom stereocenters. The van der Waals surface area contributed by atoms with Gasteiger partial charge < -0.3 is 19.9 Å². The van der Waals surface area contributed by atoms with Crippen LogP contribution in [0, 0.1) is 6.92 Å². The van der Waals surface area contributed by atoms with Gasteiger partial charge in [0.1, 0.15) is 11.3 Å². The molecule has 2 N–H and O–H groups in total. The molecule has 10 heteroatoms. The SMILES string of the molecule is COc1ncc(-c2cc(C(=O)Nc3ccnc(C(F)(F)F)c3)ccc2C)cc1C1(O)COC1. The number of amides is 1. The second kappa shape index (κ2) is 8.45. The van der Waals surface area contributed by atoms with E-state index in [2.05, 4.69) is 15.3 Å². The summed E-state index contributed by atoms with van der Waals surface area (Å²) < 4.78 is 49.1. The Balaban J connectivity index is 1.65. The first-order valence-corrected chi connectivity index (χ1v) is 9.91. The summed E-state index contributed by atoms with van der Waals surface area (Å²) in [5.41, 5.74) is 0.530. The normalized spacial score (nSPS) is 15.0. The Morgan fingerprint density at radius 3 is 2.58 bits per heavy atom. The number of alkyl halides is 3. The number of anilines is 1. The number of halogens is 3. The van der Waals surface area contributed by atoms with E-state index in [-0.39, 0.29) is 30.3 Å². The van der Waals surface area contributed by atoms with E-state index in [0.717, 1.165) is 17.8 Å². The van der Waals surface area contributed by atoms with Crippen LogP contribution in [-0.2, 0) is 16.5 Å². The molecule has 0 saturated carbocycles. The number of nitrogens with one attached hydrogen (secondary N) is 1. The van der Waals surface area contributed by atoms with Crippen molar-refractivity contribution in [2.75, 3.05) is 25.6 Å². The third-order valence-electron chi connectivity index (χ3n) is 5.35. The maximum absolute atomic E-state index is 12.9. The smallest absolute Gasteiger partial charge is 0.433 e. The maximum atomic E-state index is 12.9. The van der Waals surface area contributed by atoms with Crippen molar-refractivity contribution in [3.63, 3.8) is 0 Å². The van der Waals surface area contributed by atoms with Gasteiger partial charge in [-0.05, 0) is 48.4 Å². The van der Waals surface area contributed by atoms with Gasteiger partial charge in [0.05, 0.1) is 25.9 Å². The number of rotatable bonds is 5. The van der Waals surface area contributed by atoms with Gasteiger partial charge in [-0.2, -0.15) is 13.2 Å². The molecular formula is C23H20F3N3O4. The van der Waals surface area contributed by atoms with Crippen LogP contribution in [0.4, 0.5) is 18.9 Å². The first kappa shape index (κ1) is 22.7. The number of carbonyl (C=O) groups excluding carboxylic acids is 1. The van der Waals surface area contributed by atoms with Crippen molar-refractivity contribution in [2.24, 2.45) is 0 Å². The van der Waals surface area contributed by atoms with E-state index < -0.39 is 23.4 Å². The molecule has 33 heavy (non-hydrogen) atoms. The zero-order valence-corrected chi connectivity index (χ0v) is 17.7. The van der Waals surface area contributed by atoms with Crippen molar-refractivity contribution < 1.29 is 32.5 Å². The predicted octanol–water partition coefficient (Wildman–Crippen LogP) is 3.95. The number of ether oxygens (including phenoxy) is 2. The zero-order valence-electron chi connectivity index (χ0n) is 17.7. The lowest BCUT2D eigenvalue weighted by Crippen LogP contribution is -2.46. The molecule has 0 atom stereocenters. The molecule has 0 radical (unpaired) electrons. The zero-order chi connectivity index (χ0) is 23.8. The van der Waals surface area contributed by atoms with Crippen LogP contribution in [0.15, 0.2) is 48.8 Å². The summed E-state index contributed by atoms with van der Waals surface area (Å²) in [7, 11) is 1.45. The number of carbonyl (C=O) groups is 1. The lowest BCUT2D eigenvalue weighted by molar-refractivity contribution is -0.185. The van der Waals surface area contributed by atoms with Crippen LogP contribution in [0.3, 0.4) is 0 Å². The molecule has 2 aromatic heterocycles. The molecule has 7 nitrogen and oxygen atoms in total. The molecule has 0 spiro atoms. The van der Waals surface area contributed by atoms with Gasteiger partial charge in [0.25, 0.3) is 5.91 Å². The topological polar surface area (TPSA) is 93.6 Å². The average molecular weight is 459 g/mol. The molecule has 0 bridgehead atoms. The van der Waals surface area contributed by atoms with Gasteiger partial charge in [-0.1, -0.05) is 6.07 Å². The Labute approximate surface area is 187 Å². The van der Waals surface area contributed by atoms with Crippen LogP contribution in [0.1, 0.15) is 27.2 Å². The van der Waals surface area contributed by atoms with Crippen molar-refractivity contribution >= 4 is 11.6 Å². The maximum Gasteiger partial charge on any atom is 0.433 e. The highest BCUT2D eigenvalue weighted by atomic mass is 19.4. The first-order valence-electron chi connectivity index (χ1n) is 9.91. The second-order valence-corrected chi connectivity index (χ2v) is 7.72. The van der Waals surface area contributed by atoms with Crippen LogP contribution < -0.4 is 10.1 Å². The quantitative estimate of drug-likeness (QED) is 0.600. The van der Waals surface area contributed by atoms with Gasteiger partial charge >= 0.3 is 6.18 Å². The van der Waals surface area contributed by atoms with Crippen molar-refractivity contribution in [3.8, 4) is 17.0 Å². The Morgan fingerprint density at radius 1 is 1.18 bits per heavy atom. The number of aliphatic hydroxyl groups is 1. The number of benzene rings is 1. The van der Waals surface area contributed by atoms with E-state index in [1.807, 2.05) is 6.92 Å². The second-order valence-electron chi connectivity index (χ2n) is 7.72. The van der Waals surface area contributed by atoms with E-state index in [0.29, 0.717) is 16.7 Å². The molecule has 172 valence electrons. The lowest BCUT2D eigenvalue weighted by Gasteiger charge is -2.37. The van der Waals surface area contributed by atoms with Gasteiger partial charge in [-0.3, -0.25) is 9.78 Å². The first-order chi connectivity index (χ1) is 15.6. The monoisotopic (exact) mass is 459 g/mol. The predicted molar refractivity (Wildman–Crippen MR) is 113 cm³/mol. The molecule has 1 fully saturated rings. The van der Waals surface area contributed by atoms with E-state index in [4.69, 9.17) is 9.47 Å². The number of nitrogens with zero attached hydrogens (tertiary/aromatic N) is 2. The number of aromatic nitrogens is 2. The molecular weight excluding hydrogens is 439 g/mol. The summed E-state index contributed by atoms with van der Waals surface area (Å²) in [6.07, 6.45) is -2.07. The summed E-state index contributed by atoms with van der Waals surface area (Å²) in [6, 6.07) is 8.70. The minimum absolute atomic E-state index is 0.0231. The van der Waals surface area contributed by atoms with E-state index in [9.17, 15) is 23.1 Å². The highest BCUT2D eigenvalue weighted by Crippen LogP contribution is 2.37. The Bertz CT molecular complexity index is 1210. The third-order valence-corrected chi connectivity index (χ3v) is 5.35. The van der Waals surface area contributed by atoms with Crippen molar-refractivity contribution in [3.05, 3.63) is 71.2 Å². The summed E-state index contributed by atoms with van der Waals surface area (Å²) >= 11 is 0. The summed E-state index contributed by atoms with van der Waals surface area (Å²) in [4.78, 5) is 20.3. The molecule has 1 amide bonds. The number of pyridine rings is 2. The highest BCUT2D eigenvalue weighted by molar-refractivity contribution is 6.05. The summed E-state index contributed by atoms with van der Waals surface area (Å²) in [5.74, 6) is -0.308. The minimum atomic E-state index is -4.62. The van der Waals surface area contributed by atoms with E-state index in [1.54, 1.807) is 30.5 Å². The number of methoxy groups -OCH3 is 1. The van der Waals surface area contributed by atoms with Crippen molar-refractivity contribution in [1.29, 1.82) is 0 Å². The van der Waals surface area contributed by atoms with Crippen LogP contribution in [0.5, 0.6) is 5.88 Å². The van der Waals surface area contributed by atoms with Crippen molar-refractivity contribution in [1.82, 2.24) is 9.97 Å². The van der Waals surface area contributed by atoms with Crippen LogP contribution in [0.25, 0.3) is 11.1 Å². The van der Waals surface area contributed by atoms with Gasteiger partial charge in [0, 0.05) is 29.2 Å². The fourth-order valence-corrected chi connectivity index (χ4v) is 3.49. The van der Waals surface area contributed by atoms with Gasteiger partial charge in [-0.25, -0.2) is 4.98 Å². The third kappa shape index (κ3) is 4.53. The summed E-state index contributed by atoms with van der Waals surface area (Å²) in [6.45, 7) is 2.07. The molecule has 0 aliphatic carbocycles. The lowest BCUT2D eigenvalue weighted by atomic mass is 9.90. The minimum Gasteiger partial charge on any atom is -0.481 e. The molecule has 1 aromatic carbocycles. The van der Waals surface area contributed by atoms with E-state index >= 15 is 0 Å². The van der Waals surface area contributed by atoms with Crippen LogP contribution in [-0.4, -0.2) is 41.3 Å². The van der Waals surface area contributed by atoms with E-state index in [1.165, 1.54) is 13.2 Å². The highest BCUT2D eigenvalue weighted by Gasteiger charge is 2.41. The fraction of sp³-hybridized carbons (Fsp3) is 0.261. The van der Waals surface area contributed by atoms with Crippen LogP contribution in [0.2, 0.25) is 0 Å². The van der Waals surface area contributed by atoms with Crippen LogP contribution >= 0.6 is 0 Å². The standard InChI is InChI=1S/C23H20F3N3O4/c1-13-3-4-14(20(30)29-16-5-6-27-19(9-16)23(24,25)26)7-17(13)15-8-18(21(32-2)28-10-15)22(31)11-33-12-22/h3-10,31H,11-12H2,1-2H3,(H,27,29,30). The Morgan fingerprint density at radius 2 is 1.94 bits per heavy atom. The van der Waals surface area contributed by atoms with Gasteiger partial charge in [0.2, 0.25) is 5.88 Å². The molecule has 4 rings (SSSR count). The molecule has 1 saturated heterocycles. The Hall–Kier alpha value is -3.50. The van der Waals surface area contributed by atoms with Gasteiger partial charge in [0.15, 0.2) is 0 Å². The number of hydrogen-bond donors (Lipinski definition) is 2. The fourth-order valence-electron chi connectivity index (χ4n) is 3.49. The number of aryl methyl sites for hydroxylation is 1. The molecule has 1 aliphatic rings. The van der Waals surface area contributed by atoms with Crippen molar-refractivity contribution in [2.45, 2.75) is 18.7 Å². The number of hydrogen-bond acceptors (Lipinski definition) is 6.